The number of likely N-dealkylation sites (N-methyl/N-ethyl adjacent to an activating group) is 1. The van der Waals surface area contributed by atoms with E-state index < -0.39 is 6.67 Å². The molecule has 8 nitrogen and oxygen atoms in total. The first-order chi connectivity index (χ1) is 24.9. The third kappa shape index (κ3) is 8.65. The Bertz CT molecular complexity index is 1970. The Labute approximate surface area is 302 Å². The lowest BCUT2D eigenvalue weighted by Crippen LogP contribution is -2.36. The van der Waals surface area contributed by atoms with Gasteiger partial charge in [-0.2, -0.15) is 4.98 Å². The number of halogens is 2. The molecular formula is C40H45F2N7OS. The third-order valence-electron chi connectivity index (χ3n) is 10.1. The SMILES string of the molecule is CN(CCN1CCCCC1)Cc1nnc(Cn2c(SCc3ccc(F)cc3)nc(=O)c3c2CCC3)n1Cc1ccc(-c2ccc(CF)cc2)cc1. The molecule has 5 aromatic rings. The molecule has 0 N–H and O–H groups in total. The van der Waals surface area contributed by atoms with Crippen molar-refractivity contribution in [2.45, 2.75) is 75.7 Å². The van der Waals surface area contributed by atoms with Crippen molar-refractivity contribution in [2.24, 2.45) is 0 Å². The Balaban J connectivity index is 1.17. The van der Waals surface area contributed by atoms with Crippen LogP contribution in [0.4, 0.5) is 8.78 Å². The van der Waals surface area contributed by atoms with Crippen LogP contribution < -0.4 is 5.56 Å². The van der Waals surface area contributed by atoms with Crippen molar-refractivity contribution < 1.29 is 8.78 Å². The van der Waals surface area contributed by atoms with Crippen LogP contribution in [0.1, 0.15) is 65.3 Å². The van der Waals surface area contributed by atoms with Crippen LogP contribution in [0.2, 0.25) is 0 Å². The fourth-order valence-corrected chi connectivity index (χ4v) is 8.07. The number of benzene rings is 3. The van der Waals surface area contributed by atoms with Gasteiger partial charge in [0.1, 0.15) is 18.3 Å². The second-order valence-corrected chi connectivity index (χ2v) is 14.7. The van der Waals surface area contributed by atoms with E-state index in [1.807, 2.05) is 24.3 Å². The number of nitrogens with zero attached hydrogens (tertiary/aromatic N) is 7. The molecule has 2 aromatic heterocycles. The van der Waals surface area contributed by atoms with E-state index in [2.05, 4.69) is 55.2 Å². The van der Waals surface area contributed by atoms with Crippen molar-refractivity contribution in [3.05, 3.63) is 129 Å². The van der Waals surface area contributed by atoms with E-state index in [4.69, 9.17) is 10.2 Å². The van der Waals surface area contributed by atoms with Gasteiger partial charge in [-0.25, -0.2) is 8.78 Å². The van der Waals surface area contributed by atoms with Crippen LogP contribution in [0.15, 0.2) is 82.7 Å². The zero-order valence-corrected chi connectivity index (χ0v) is 30.1. The second-order valence-electron chi connectivity index (χ2n) is 13.8. The molecule has 1 aliphatic heterocycles. The van der Waals surface area contributed by atoms with E-state index in [1.54, 1.807) is 12.1 Å². The summed E-state index contributed by atoms with van der Waals surface area (Å²) in [7, 11) is 2.15. The molecule has 1 fully saturated rings. The number of hydrogen-bond donors (Lipinski definition) is 0. The highest BCUT2D eigenvalue weighted by molar-refractivity contribution is 7.98. The molecule has 3 aromatic carbocycles. The maximum Gasteiger partial charge on any atom is 0.277 e. The van der Waals surface area contributed by atoms with Crippen LogP contribution >= 0.6 is 11.8 Å². The summed E-state index contributed by atoms with van der Waals surface area (Å²) in [6, 6.07) is 22.5. The lowest BCUT2D eigenvalue weighted by Gasteiger charge is -2.28. The molecule has 3 heterocycles. The summed E-state index contributed by atoms with van der Waals surface area (Å²) in [5.74, 6) is 1.99. The van der Waals surface area contributed by atoms with E-state index >= 15 is 0 Å². The highest BCUT2D eigenvalue weighted by atomic mass is 32.2. The van der Waals surface area contributed by atoms with Crippen molar-refractivity contribution in [2.75, 3.05) is 33.2 Å². The molecular weight excluding hydrogens is 665 g/mol. The van der Waals surface area contributed by atoms with Crippen LogP contribution in [0.5, 0.6) is 0 Å². The summed E-state index contributed by atoms with van der Waals surface area (Å²) in [6.45, 7) is 5.54. The lowest BCUT2D eigenvalue weighted by molar-refractivity contribution is 0.191. The van der Waals surface area contributed by atoms with Gasteiger partial charge < -0.3 is 14.0 Å². The molecule has 11 heteroatoms. The number of likely N-dealkylation sites (tertiary alicyclic amines) is 1. The summed E-state index contributed by atoms with van der Waals surface area (Å²) < 4.78 is 31.0. The molecule has 0 spiro atoms. The molecule has 0 saturated carbocycles. The summed E-state index contributed by atoms with van der Waals surface area (Å²) in [4.78, 5) is 22.6. The Kier molecular flexibility index (Phi) is 11.4. The van der Waals surface area contributed by atoms with E-state index in [1.165, 1.54) is 56.2 Å². The lowest BCUT2D eigenvalue weighted by atomic mass is 10.0. The molecule has 0 atom stereocenters. The van der Waals surface area contributed by atoms with Gasteiger partial charge in [0.15, 0.2) is 11.0 Å². The van der Waals surface area contributed by atoms with Gasteiger partial charge in [0, 0.05) is 30.1 Å². The second kappa shape index (κ2) is 16.4. The molecule has 0 amide bonds. The summed E-state index contributed by atoms with van der Waals surface area (Å²) in [5.41, 5.74) is 6.53. The number of alkyl halides is 1. The minimum atomic E-state index is -0.469. The standard InChI is InChI=1S/C40H45F2N7OS/c1-46(22-23-47-20-3-2-4-21-47)26-37-44-45-38(49(37)25-30-10-16-33(17-11-30)32-14-8-29(24-41)9-15-32)27-48-36-7-5-6-35(36)39(50)43-40(48)51-28-31-12-18-34(42)19-13-31/h8-19H,2-7,20-28H2,1H3. The van der Waals surface area contributed by atoms with Gasteiger partial charge in [-0.3, -0.25) is 9.69 Å². The quantitative estimate of drug-likeness (QED) is 0.0918. The molecule has 2 aliphatic rings. The minimum absolute atomic E-state index is 0.155. The van der Waals surface area contributed by atoms with E-state index in [-0.39, 0.29) is 11.4 Å². The summed E-state index contributed by atoms with van der Waals surface area (Å²) in [6.07, 6.45) is 6.33. The average Bonchev–Trinajstić information content (AvgIpc) is 3.80. The average molecular weight is 710 g/mol. The first-order valence-electron chi connectivity index (χ1n) is 18.0. The molecule has 0 radical (unpaired) electrons. The maximum absolute atomic E-state index is 13.6. The van der Waals surface area contributed by atoms with Crippen molar-refractivity contribution in [1.29, 1.82) is 0 Å². The highest BCUT2D eigenvalue weighted by Gasteiger charge is 2.24. The fraction of sp³-hybridized carbons (Fsp3) is 0.400. The Morgan fingerprint density at radius 3 is 2.14 bits per heavy atom. The fourth-order valence-electron chi connectivity index (χ4n) is 7.11. The Hall–Kier alpha value is -4.19. The molecule has 1 saturated heterocycles. The number of rotatable bonds is 14. The number of thioether (sulfide) groups is 1. The van der Waals surface area contributed by atoms with E-state index in [9.17, 15) is 13.6 Å². The first kappa shape index (κ1) is 35.2. The largest absolute Gasteiger partial charge is 0.316 e. The predicted molar refractivity (Wildman–Crippen MR) is 198 cm³/mol. The van der Waals surface area contributed by atoms with Gasteiger partial charge in [-0.1, -0.05) is 78.8 Å². The molecule has 0 bridgehead atoms. The molecule has 51 heavy (non-hydrogen) atoms. The zero-order valence-electron chi connectivity index (χ0n) is 29.2. The molecule has 7 rings (SSSR count). The van der Waals surface area contributed by atoms with Crippen molar-refractivity contribution in [3.63, 3.8) is 0 Å². The molecule has 266 valence electrons. The van der Waals surface area contributed by atoms with Crippen LogP contribution in [-0.4, -0.2) is 67.3 Å². The van der Waals surface area contributed by atoms with Crippen LogP contribution in [-0.2, 0) is 44.9 Å². The Morgan fingerprint density at radius 2 is 1.43 bits per heavy atom. The number of aromatic nitrogens is 5. The zero-order chi connectivity index (χ0) is 35.2. The van der Waals surface area contributed by atoms with Gasteiger partial charge in [-0.15, -0.1) is 10.2 Å². The van der Waals surface area contributed by atoms with Gasteiger partial charge in [0.2, 0.25) is 0 Å². The normalized spacial score (nSPS) is 14.7. The van der Waals surface area contributed by atoms with Crippen molar-refractivity contribution in [1.82, 2.24) is 34.1 Å². The Morgan fingerprint density at radius 1 is 0.765 bits per heavy atom. The number of piperidine rings is 1. The van der Waals surface area contributed by atoms with Gasteiger partial charge in [0.05, 0.1) is 19.6 Å². The minimum Gasteiger partial charge on any atom is -0.316 e. The predicted octanol–water partition coefficient (Wildman–Crippen LogP) is 6.91. The van der Waals surface area contributed by atoms with Crippen LogP contribution in [0.25, 0.3) is 11.1 Å². The van der Waals surface area contributed by atoms with Gasteiger partial charge in [-0.05, 0) is 92.2 Å². The van der Waals surface area contributed by atoms with Crippen LogP contribution in [0.3, 0.4) is 0 Å². The smallest absolute Gasteiger partial charge is 0.277 e. The van der Waals surface area contributed by atoms with Gasteiger partial charge in [0.25, 0.3) is 5.56 Å². The van der Waals surface area contributed by atoms with Crippen molar-refractivity contribution >= 4 is 11.8 Å². The van der Waals surface area contributed by atoms with Crippen LogP contribution in [0, 0.1) is 5.82 Å². The highest BCUT2D eigenvalue weighted by Crippen LogP contribution is 2.28. The van der Waals surface area contributed by atoms with Crippen molar-refractivity contribution in [3.8, 4) is 11.1 Å². The number of fused-ring (bicyclic) bond motifs is 1. The third-order valence-corrected chi connectivity index (χ3v) is 11.1. The maximum atomic E-state index is 13.6. The molecule has 1 aliphatic carbocycles. The summed E-state index contributed by atoms with van der Waals surface area (Å²) in [5, 5.41) is 10.2. The molecule has 0 unspecified atom stereocenters. The van der Waals surface area contributed by atoms with Gasteiger partial charge >= 0.3 is 0 Å². The first-order valence-corrected chi connectivity index (χ1v) is 19.0. The van der Waals surface area contributed by atoms with E-state index in [0.717, 1.165) is 77.5 Å². The van der Waals surface area contributed by atoms with E-state index in [0.29, 0.717) is 36.1 Å². The topological polar surface area (TPSA) is 72.1 Å². The number of hydrogen-bond acceptors (Lipinski definition) is 7. The monoisotopic (exact) mass is 709 g/mol. The summed E-state index contributed by atoms with van der Waals surface area (Å²) >= 11 is 1.49.